The second-order valence-electron chi connectivity index (χ2n) is 5.01. The van der Waals surface area contributed by atoms with Gasteiger partial charge in [0.2, 0.25) is 0 Å². The molecule has 1 N–H and O–H groups in total. The Bertz CT molecular complexity index is 359. The Hall–Kier alpha value is -0.890. The highest BCUT2D eigenvalue weighted by atomic mass is 19.1. The summed E-state index contributed by atoms with van der Waals surface area (Å²) in [4.78, 5) is 0. The summed E-state index contributed by atoms with van der Waals surface area (Å²) in [5.74, 6) is 0.349. The maximum Gasteiger partial charge on any atom is 0.123 e. The van der Waals surface area contributed by atoms with Crippen molar-refractivity contribution < 1.29 is 4.39 Å². The minimum Gasteiger partial charge on any atom is -0.316 e. The Morgan fingerprint density at radius 1 is 1.40 bits per heavy atom. The smallest absolute Gasteiger partial charge is 0.123 e. The van der Waals surface area contributed by atoms with E-state index in [9.17, 15) is 4.39 Å². The zero-order valence-electron chi connectivity index (χ0n) is 9.55. The van der Waals surface area contributed by atoms with E-state index in [0.717, 1.165) is 12.0 Å². The number of nitrogens with one attached hydrogen (secondary N) is 1. The predicted molar refractivity (Wildman–Crippen MR) is 60.4 cm³/mol. The summed E-state index contributed by atoms with van der Waals surface area (Å²) in [6, 6.07) is 7.54. The van der Waals surface area contributed by atoms with Gasteiger partial charge in [0, 0.05) is 6.04 Å². The molecule has 0 aromatic heterocycles. The van der Waals surface area contributed by atoms with Crippen LogP contribution in [0.25, 0.3) is 0 Å². The van der Waals surface area contributed by atoms with Crippen LogP contribution in [-0.4, -0.2) is 13.1 Å². The molecular weight excluding hydrogens is 189 g/mol. The van der Waals surface area contributed by atoms with E-state index in [0.29, 0.717) is 12.0 Å². The number of halogens is 1. The molecule has 0 amide bonds. The standard InChI is InChI=1S/C13H18FN/c1-13(2)11(8-12(13)15-3)9-5-4-6-10(14)7-9/h4-7,11-12,15H,8H2,1-3H3. The molecule has 1 nitrogen and oxygen atoms in total. The van der Waals surface area contributed by atoms with Crippen molar-refractivity contribution in [1.82, 2.24) is 5.32 Å². The van der Waals surface area contributed by atoms with Crippen LogP contribution in [0.3, 0.4) is 0 Å². The molecule has 2 heteroatoms. The van der Waals surface area contributed by atoms with Crippen molar-refractivity contribution in [3.05, 3.63) is 35.6 Å². The molecule has 0 saturated heterocycles. The third-order valence-corrected chi connectivity index (χ3v) is 3.87. The zero-order chi connectivity index (χ0) is 11.1. The molecule has 1 aromatic carbocycles. The summed E-state index contributed by atoms with van der Waals surface area (Å²) in [5.41, 5.74) is 1.36. The quantitative estimate of drug-likeness (QED) is 0.786. The zero-order valence-corrected chi connectivity index (χ0v) is 9.55. The molecule has 1 fully saturated rings. The van der Waals surface area contributed by atoms with Gasteiger partial charge in [0.05, 0.1) is 0 Å². The summed E-state index contributed by atoms with van der Waals surface area (Å²) >= 11 is 0. The Balaban J connectivity index is 2.21. The third-order valence-electron chi connectivity index (χ3n) is 3.87. The van der Waals surface area contributed by atoms with Gasteiger partial charge in [-0.15, -0.1) is 0 Å². The Morgan fingerprint density at radius 2 is 2.13 bits per heavy atom. The van der Waals surface area contributed by atoms with Gasteiger partial charge in [0.15, 0.2) is 0 Å². The SMILES string of the molecule is CNC1CC(c2cccc(F)c2)C1(C)C. The average Bonchev–Trinajstić information content (AvgIpc) is 2.17. The van der Waals surface area contributed by atoms with Crippen LogP contribution in [0.2, 0.25) is 0 Å². The van der Waals surface area contributed by atoms with E-state index in [2.05, 4.69) is 19.2 Å². The summed E-state index contributed by atoms with van der Waals surface area (Å²) in [6.45, 7) is 4.49. The molecule has 2 unspecified atom stereocenters. The van der Waals surface area contributed by atoms with Crippen LogP contribution in [-0.2, 0) is 0 Å². The first-order valence-electron chi connectivity index (χ1n) is 5.48. The predicted octanol–water partition coefficient (Wildman–Crippen LogP) is 2.93. The number of rotatable bonds is 2. The second-order valence-corrected chi connectivity index (χ2v) is 5.01. The average molecular weight is 207 g/mol. The van der Waals surface area contributed by atoms with Crippen LogP contribution in [0.15, 0.2) is 24.3 Å². The van der Waals surface area contributed by atoms with E-state index in [1.165, 1.54) is 6.07 Å². The highest BCUT2D eigenvalue weighted by Gasteiger charge is 2.47. The Morgan fingerprint density at radius 3 is 2.67 bits per heavy atom. The van der Waals surface area contributed by atoms with Crippen molar-refractivity contribution in [3.8, 4) is 0 Å². The molecule has 1 saturated carbocycles. The summed E-state index contributed by atoms with van der Waals surface area (Å²) in [6.07, 6.45) is 1.10. The van der Waals surface area contributed by atoms with Gasteiger partial charge < -0.3 is 5.32 Å². The maximum atomic E-state index is 13.1. The van der Waals surface area contributed by atoms with Crippen molar-refractivity contribution >= 4 is 0 Å². The van der Waals surface area contributed by atoms with Crippen molar-refractivity contribution in [2.24, 2.45) is 5.41 Å². The highest BCUT2D eigenvalue weighted by Crippen LogP contribution is 2.52. The van der Waals surface area contributed by atoms with Crippen LogP contribution in [0.1, 0.15) is 31.7 Å². The maximum absolute atomic E-state index is 13.1. The fraction of sp³-hybridized carbons (Fsp3) is 0.538. The topological polar surface area (TPSA) is 12.0 Å². The summed E-state index contributed by atoms with van der Waals surface area (Å²) < 4.78 is 13.1. The lowest BCUT2D eigenvalue weighted by Crippen LogP contribution is -2.54. The Kier molecular flexibility index (Phi) is 2.55. The molecule has 2 atom stereocenters. The van der Waals surface area contributed by atoms with Gasteiger partial charge in [-0.1, -0.05) is 26.0 Å². The first-order valence-corrected chi connectivity index (χ1v) is 5.48. The molecule has 0 bridgehead atoms. The Labute approximate surface area is 90.7 Å². The van der Waals surface area contributed by atoms with E-state index in [1.807, 2.05) is 13.1 Å². The van der Waals surface area contributed by atoms with Gasteiger partial charge >= 0.3 is 0 Å². The number of benzene rings is 1. The second kappa shape index (κ2) is 3.60. The monoisotopic (exact) mass is 207 g/mol. The van der Waals surface area contributed by atoms with E-state index in [-0.39, 0.29) is 11.2 Å². The number of hydrogen-bond acceptors (Lipinski definition) is 1. The molecule has 1 aromatic rings. The van der Waals surface area contributed by atoms with Crippen LogP contribution >= 0.6 is 0 Å². The molecule has 1 aliphatic rings. The van der Waals surface area contributed by atoms with E-state index in [1.54, 1.807) is 12.1 Å². The fourth-order valence-corrected chi connectivity index (χ4v) is 2.70. The van der Waals surface area contributed by atoms with Crippen LogP contribution < -0.4 is 5.32 Å². The first kappa shape index (κ1) is 10.6. The first-order chi connectivity index (χ1) is 7.05. The van der Waals surface area contributed by atoms with Gasteiger partial charge in [-0.05, 0) is 42.5 Å². The molecule has 0 heterocycles. The van der Waals surface area contributed by atoms with Crippen molar-refractivity contribution in [3.63, 3.8) is 0 Å². The van der Waals surface area contributed by atoms with Crippen LogP contribution in [0.4, 0.5) is 4.39 Å². The molecule has 15 heavy (non-hydrogen) atoms. The number of hydrogen-bond donors (Lipinski definition) is 1. The molecule has 1 aliphatic carbocycles. The lowest BCUT2D eigenvalue weighted by atomic mass is 9.56. The van der Waals surface area contributed by atoms with Gasteiger partial charge in [0.1, 0.15) is 5.82 Å². The fourth-order valence-electron chi connectivity index (χ4n) is 2.70. The van der Waals surface area contributed by atoms with Gasteiger partial charge in [-0.3, -0.25) is 0 Å². The molecule has 0 radical (unpaired) electrons. The van der Waals surface area contributed by atoms with Crippen molar-refractivity contribution in [2.45, 2.75) is 32.2 Å². The molecular formula is C13H18FN. The summed E-state index contributed by atoms with van der Waals surface area (Å²) in [7, 11) is 1.99. The minimum atomic E-state index is -0.129. The van der Waals surface area contributed by atoms with Gasteiger partial charge in [-0.2, -0.15) is 0 Å². The minimum absolute atomic E-state index is 0.129. The highest BCUT2D eigenvalue weighted by molar-refractivity contribution is 5.27. The van der Waals surface area contributed by atoms with Crippen molar-refractivity contribution in [2.75, 3.05) is 7.05 Å². The van der Waals surface area contributed by atoms with Crippen molar-refractivity contribution in [1.29, 1.82) is 0 Å². The van der Waals surface area contributed by atoms with Gasteiger partial charge in [0.25, 0.3) is 0 Å². The van der Waals surface area contributed by atoms with E-state index >= 15 is 0 Å². The summed E-state index contributed by atoms with van der Waals surface area (Å²) in [5, 5.41) is 3.31. The molecule has 0 aliphatic heterocycles. The van der Waals surface area contributed by atoms with Crippen LogP contribution in [0.5, 0.6) is 0 Å². The van der Waals surface area contributed by atoms with Gasteiger partial charge in [-0.25, -0.2) is 4.39 Å². The normalized spacial score (nSPS) is 28.5. The van der Waals surface area contributed by atoms with Crippen LogP contribution in [0, 0.1) is 11.2 Å². The van der Waals surface area contributed by atoms with E-state index in [4.69, 9.17) is 0 Å². The lowest BCUT2D eigenvalue weighted by Gasteiger charge is -2.52. The lowest BCUT2D eigenvalue weighted by molar-refractivity contribution is 0.0750. The molecule has 0 spiro atoms. The largest absolute Gasteiger partial charge is 0.316 e. The molecule has 82 valence electrons. The van der Waals surface area contributed by atoms with E-state index < -0.39 is 0 Å². The third kappa shape index (κ3) is 1.67. The molecule has 2 rings (SSSR count).